The maximum atomic E-state index is 8.51. The molecule has 0 saturated heterocycles. The fourth-order valence-electron chi connectivity index (χ4n) is 0.946. The third-order valence-corrected chi connectivity index (χ3v) is 1.65. The first-order valence-corrected chi connectivity index (χ1v) is 4.68. The molecular formula is C11H11N6+. The van der Waals surface area contributed by atoms with Crippen molar-refractivity contribution in [1.82, 2.24) is 4.90 Å². The average molecular weight is 227 g/mol. The highest BCUT2D eigenvalue weighted by Gasteiger charge is 2.05. The number of hydrogen-bond donors (Lipinski definition) is 0. The van der Waals surface area contributed by atoms with Gasteiger partial charge in [0.1, 0.15) is 13.1 Å². The smallest absolute Gasteiger partial charge is 0.351 e. The fourth-order valence-corrected chi connectivity index (χ4v) is 0.946. The van der Waals surface area contributed by atoms with Gasteiger partial charge >= 0.3 is 13.3 Å². The first kappa shape index (κ1) is 14.2. The van der Waals surface area contributed by atoms with Crippen LogP contribution >= 0.6 is 0 Å². The van der Waals surface area contributed by atoms with Crippen molar-refractivity contribution in [3.8, 4) is 12.1 Å². The third kappa shape index (κ3) is 7.14. The Hall–Kier alpha value is -2.83. The predicted octanol–water partition coefficient (Wildman–Crippen LogP) is 0.686. The molecule has 0 spiro atoms. The van der Waals surface area contributed by atoms with Crippen LogP contribution in [0.1, 0.15) is 0 Å². The summed E-state index contributed by atoms with van der Waals surface area (Å²) in [4.78, 5) is 7.88. The highest BCUT2D eigenvalue weighted by molar-refractivity contribution is 5.65. The molecule has 6 heteroatoms. The lowest BCUT2D eigenvalue weighted by Gasteiger charge is -2.09. The summed E-state index contributed by atoms with van der Waals surface area (Å²) < 4.78 is 1.54. The van der Waals surface area contributed by atoms with Crippen LogP contribution in [0.25, 0.3) is 9.69 Å². The van der Waals surface area contributed by atoms with E-state index in [-0.39, 0.29) is 26.4 Å². The Balaban J connectivity index is 4.53. The molecule has 0 aliphatic heterocycles. The van der Waals surface area contributed by atoms with Gasteiger partial charge in [-0.3, -0.25) is 0 Å². The fraction of sp³-hybridized carbons (Fsp3) is 0.364. The first-order valence-electron chi connectivity index (χ1n) is 4.68. The molecule has 6 nitrogen and oxygen atoms in total. The van der Waals surface area contributed by atoms with E-state index in [9.17, 15) is 0 Å². The minimum Gasteiger partial charge on any atom is -0.351 e. The monoisotopic (exact) mass is 227 g/mol. The Kier molecular flexibility index (Phi) is 8.10. The van der Waals surface area contributed by atoms with E-state index in [0.29, 0.717) is 0 Å². The second-order valence-electron chi connectivity index (χ2n) is 2.90. The molecule has 0 aromatic carbocycles. The van der Waals surface area contributed by atoms with Gasteiger partial charge in [-0.05, 0) is 0 Å². The molecule has 0 aromatic heterocycles. The van der Waals surface area contributed by atoms with Gasteiger partial charge in [0.15, 0.2) is 6.21 Å². The summed E-state index contributed by atoms with van der Waals surface area (Å²) in [5, 5.41) is 17.0. The van der Waals surface area contributed by atoms with Gasteiger partial charge in [-0.15, -0.1) is 0 Å². The van der Waals surface area contributed by atoms with E-state index in [1.807, 2.05) is 12.1 Å². The normalized spacial score (nSPS) is 8.47. The van der Waals surface area contributed by atoms with Gasteiger partial charge in [-0.1, -0.05) is 4.58 Å². The van der Waals surface area contributed by atoms with E-state index in [2.05, 4.69) is 9.69 Å². The zero-order chi connectivity index (χ0) is 12.9. The van der Waals surface area contributed by atoms with Crippen LogP contribution in [0.4, 0.5) is 0 Å². The van der Waals surface area contributed by atoms with Crippen molar-refractivity contribution >= 4 is 6.21 Å². The maximum Gasteiger partial charge on any atom is 0.407 e. The molecule has 84 valence electrons. The summed E-state index contributed by atoms with van der Waals surface area (Å²) in [6.07, 6.45) is 4.80. The number of nitriles is 2. The van der Waals surface area contributed by atoms with Crippen LogP contribution in [0.3, 0.4) is 0 Å². The van der Waals surface area contributed by atoms with E-state index in [0.717, 1.165) is 0 Å². The number of rotatable bonds is 6. The zero-order valence-electron chi connectivity index (χ0n) is 9.24. The van der Waals surface area contributed by atoms with Crippen LogP contribution in [0.5, 0.6) is 0 Å². The molecule has 0 atom stereocenters. The topological polar surface area (TPSA) is 62.5 Å². The molecule has 0 bridgehead atoms. The van der Waals surface area contributed by atoms with Gasteiger partial charge in [-0.2, -0.15) is 10.5 Å². The Morgan fingerprint density at radius 1 is 1.12 bits per heavy atom. The zero-order valence-corrected chi connectivity index (χ0v) is 9.24. The Morgan fingerprint density at radius 2 is 1.65 bits per heavy atom. The summed E-state index contributed by atoms with van der Waals surface area (Å²) in [7, 11) is 0. The number of nitrogens with zero attached hydrogens (tertiary/aromatic N) is 6. The summed E-state index contributed by atoms with van der Waals surface area (Å²) in [5.41, 5.74) is 0. The highest BCUT2D eigenvalue weighted by atomic mass is 15.1. The van der Waals surface area contributed by atoms with Crippen molar-refractivity contribution < 1.29 is 4.58 Å². The molecule has 17 heavy (non-hydrogen) atoms. The van der Waals surface area contributed by atoms with Crippen LogP contribution in [-0.4, -0.2) is 42.1 Å². The minimum absolute atomic E-state index is 0.114. The van der Waals surface area contributed by atoms with Gasteiger partial charge in [0.2, 0.25) is 0 Å². The van der Waals surface area contributed by atoms with E-state index in [1.165, 1.54) is 9.48 Å². The standard InChI is InChI=1S/C11H11N6/c1-14-10-17(11-15-2)7-3-6-16(8-4-12)9-5-13/h3,6-7H,8-11H2/q+1. The molecule has 0 aromatic rings. The van der Waals surface area contributed by atoms with Gasteiger partial charge in [0.25, 0.3) is 0 Å². The highest BCUT2D eigenvalue weighted by Crippen LogP contribution is 1.87. The average Bonchev–Trinajstić information content (AvgIpc) is 2.30. The van der Waals surface area contributed by atoms with Crippen LogP contribution < -0.4 is 0 Å². The largest absolute Gasteiger partial charge is 0.407 e. The second-order valence-corrected chi connectivity index (χ2v) is 2.90. The number of hydrogen-bond acceptors (Lipinski definition) is 3. The third-order valence-electron chi connectivity index (χ3n) is 1.65. The lowest BCUT2D eigenvalue weighted by atomic mass is 10.5. The van der Waals surface area contributed by atoms with Crippen LogP contribution in [-0.2, 0) is 0 Å². The van der Waals surface area contributed by atoms with Crippen LogP contribution in [0.15, 0.2) is 12.3 Å². The molecule has 0 rings (SSSR count). The summed E-state index contributed by atoms with van der Waals surface area (Å²) in [6.45, 7) is 13.9. The van der Waals surface area contributed by atoms with Gasteiger partial charge in [-0.25, -0.2) is 22.8 Å². The second kappa shape index (κ2) is 9.71. The molecule has 0 unspecified atom stereocenters. The summed E-state index contributed by atoms with van der Waals surface area (Å²) in [6, 6.07) is 3.88. The molecular weight excluding hydrogens is 216 g/mol. The number of allylic oxidation sites excluding steroid dienone is 1. The molecule has 0 heterocycles. The quantitative estimate of drug-likeness (QED) is 0.290. The van der Waals surface area contributed by atoms with E-state index in [4.69, 9.17) is 23.7 Å². The van der Waals surface area contributed by atoms with E-state index < -0.39 is 0 Å². The van der Waals surface area contributed by atoms with Crippen molar-refractivity contribution in [3.63, 3.8) is 0 Å². The van der Waals surface area contributed by atoms with Crippen molar-refractivity contribution in [1.29, 1.82) is 10.5 Å². The Bertz CT molecular complexity index is 414. The molecule has 0 N–H and O–H groups in total. The Morgan fingerprint density at radius 3 is 2.06 bits per heavy atom. The van der Waals surface area contributed by atoms with E-state index in [1.54, 1.807) is 18.5 Å². The van der Waals surface area contributed by atoms with Gasteiger partial charge < -0.3 is 4.90 Å². The van der Waals surface area contributed by atoms with Gasteiger partial charge in [0, 0.05) is 12.3 Å². The lowest BCUT2D eigenvalue weighted by Crippen LogP contribution is -2.18. The molecule has 0 radical (unpaired) electrons. The minimum atomic E-state index is 0.114. The Labute approximate surface area is 101 Å². The van der Waals surface area contributed by atoms with Crippen molar-refractivity contribution in [3.05, 3.63) is 35.1 Å². The van der Waals surface area contributed by atoms with Crippen molar-refractivity contribution in [2.24, 2.45) is 0 Å². The van der Waals surface area contributed by atoms with E-state index >= 15 is 0 Å². The summed E-state index contributed by atoms with van der Waals surface area (Å²) in [5.74, 6) is 0. The molecule has 0 amide bonds. The SMILES string of the molecule is [C-]#[N+]C[N+](=C/C=C/N(CC#N)CC#N)C[N+]#[C-]. The van der Waals surface area contributed by atoms with Crippen molar-refractivity contribution in [2.75, 3.05) is 26.4 Å². The predicted molar refractivity (Wildman–Crippen MR) is 61.2 cm³/mol. The van der Waals surface area contributed by atoms with Crippen LogP contribution in [0.2, 0.25) is 0 Å². The first-order chi connectivity index (χ1) is 8.28. The molecule has 0 aliphatic rings. The van der Waals surface area contributed by atoms with Crippen LogP contribution in [0, 0.1) is 35.8 Å². The molecule has 0 aliphatic carbocycles. The summed E-state index contributed by atoms with van der Waals surface area (Å²) >= 11 is 0. The lowest BCUT2D eigenvalue weighted by molar-refractivity contribution is -0.503. The van der Waals surface area contributed by atoms with Gasteiger partial charge in [0.05, 0.1) is 12.1 Å². The molecule has 0 fully saturated rings. The molecule has 0 saturated carbocycles. The maximum absolute atomic E-state index is 8.51. The van der Waals surface area contributed by atoms with Crippen molar-refractivity contribution in [2.45, 2.75) is 0 Å².